The van der Waals surface area contributed by atoms with Crippen LogP contribution in [0.15, 0.2) is 12.7 Å². The molecule has 0 aliphatic heterocycles. The monoisotopic (exact) mass is 208 g/mol. The molecule has 0 heterocycles. The molecule has 4 unspecified atom stereocenters. The quantitative estimate of drug-likeness (QED) is 0.706. The maximum atomic E-state index is 12.3. The summed E-state index contributed by atoms with van der Waals surface area (Å²) in [5.41, 5.74) is -0.203. The van der Waals surface area contributed by atoms with Crippen molar-refractivity contribution in [1.29, 1.82) is 0 Å². The lowest BCUT2D eigenvalue weighted by atomic mass is 9.70. The van der Waals surface area contributed by atoms with Gasteiger partial charge in [-0.1, -0.05) is 26.8 Å². The van der Waals surface area contributed by atoms with Crippen LogP contribution >= 0.6 is 0 Å². The summed E-state index contributed by atoms with van der Waals surface area (Å²) in [5, 5.41) is 9.86. The maximum Gasteiger partial charge on any atom is 0.145 e. The van der Waals surface area contributed by atoms with E-state index in [1.54, 1.807) is 0 Å². The molecular weight excluding hydrogens is 188 g/mol. The Labute approximate surface area is 91.4 Å². The molecule has 2 heteroatoms. The fourth-order valence-corrected chi connectivity index (χ4v) is 3.70. The van der Waals surface area contributed by atoms with E-state index in [1.807, 2.05) is 0 Å². The topological polar surface area (TPSA) is 37.3 Å². The van der Waals surface area contributed by atoms with Gasteiger partial charge in [0.2, 0.25) is 0 Å². The highest BCUT2D eigenvalue weighted by Gasteiger charge is 2.66. The molecule has 4 atom stereocenters. The molecule has 2 fully saturated rings. The van der Waals surface area contributed by atoms with Crippen LogP contribution in [0.5, 0.6) is 0 Å². The van der Waals surface area contributed by atoms with Gasteiger partial charge in [0.25, 0.3) is 0 Å². The van der Waals surface area contributed by atoms with Crippen molar-refractivity contribution in [3.05, 3.63) is 12.7 Å². The summed E-state index contributed by atoms with van der Waals surface area (Å²) in [4.78, 5) is 12.3. The van der Waals surface area contributed by atoms with Crippen molar-refractivity contribution in [2.75, 3.05) is 0 Å². The molecule has 0 spiro atoms. The smallest absolute Gasteiger partial charge is 0.145 e. The zero-order chi connectivity index (χ0) is 11.4. The predicted molar refractivity (Wildman–Crippen MR) is 59.3 cm³/mol. The zero-order valence-electron chi connectivity index (χ0n) is 9.79. The van der Waals surface area contributed by atoms with E-state index >= 15 is 0 Å². The maximum absolute atomic E-state index is 12.3. The number of hydrogen-bond donors (Lipinski definition) is 1. The fourth-order valence-electron chi connectivity index (χ4n) is 3.70. The number of aliphatic hydroxyl groups is 1. The zero-order valence-corrected chi connectivity index (χ0v) is 9.79. The van der Waals surface area contributed by atoms with Crippen LogP contribution in [0.4, 0.5) is 0 Å². The Morgan fingerprint density at radius 2 is 2.13 bits per heavy atom. The van der Waals surface area contributed by atoms with Gasteiger partial charge in [-0.25, -0.2) is 0 Å². The van der Waals surface area contributed by atoms with Gasteiger partial charge in [-0.15, -0.1) is 6.58 Å². The van der Waals surface area contributed by atoms with Crippen molar-refractivity contribution in [2.45, 2.75) is 39.7 Å². The molecule has 2 rings (SSSR count). The molecule has 2 saturated carbocycles. The summed E-state index contributed by atoms with van der Waals surface area (Å²) < 4.78 is 0. The Balaban J connectivity index is 2.42. The van der Waals surface area contributed by atoms with Gasteiger partial charge in [0.05, 0.1) is 12.0 Å². The van der Waals surface area contributed by atoms with Crippen LogP contribution in [0.1, 0.15) is 33.6 Å². The Morgan fingerprint density at radius 1 is 1.53 bits per heavy atom. The third kappa shape index (κ3) is 1.06. The summed E-state index contributed by atoms with van der Waals surface area (Å²) in [6, 6.07) is 0. The molecule has 0 aromatic rings. The highest BCUT2D eigenvalue weighted by atomic mass is 16.3. The van der Waals surface area contributed by atoms with Gasteiger partial charge in [0.1, 0.15) is 5.78 Å². The van der Waals surface area contributed by atoms with Crippen molar-refractivity contribution >= 4 is 5.78 Å². The molecule has 0 radical (unpaired) electrons. The van der Waals surface area contributed by atoms with E-state index in [9.17, 15) is 9.90 Å². The lowest BCUT2D eigenvalue weighted by Gasteiger charge is -2.32. The Bertz CT molecular complexity index is 318. The summed E-state index contributed by atoms with van der Waals surface area (Å²) in [6.07, 6.45) is 2.88. The normalized spacial score (nSPS) is 44.4. The Kier molecular flexibility index (Phi) is 2.13. The van der Waals surface area contributed by atoms with Gasteiger partial charge in [-0.3, -0.25) is 4.79 Å². The molecule has 0 aromatic heterocycles. The van der Waals surface area contributed by atoms with Crippen LogP contribution in [0, 0.1) is 22.7 Å². The SMILES string of the molecule is C=CC(O)C1C(=O)C2(C)CCC1C2(C)C. The molecule has 1 N–H and O–H groups in total. The third-order valence-electron chi connectivity index (χ3n) is 5.19. The van der Waals surface area contributed by atoms with E-state index in [2.05, 4.69) is 27.4 Å². The van der Waals surface area contributed by atoms with Crippen LogP contribution in [0.3, 0.4) is 0 Å². The Hall–Kier alpha value is -0.630. The Morgan fingerprint density at radius 3 is 2.53 bits per heavy atom. The molecule has 0 amide bonds. The minimum atomic E-state index is -0.663. The highest BCUT2D eigenvalue weighted by Crippen LogP contribution is 2.66. The van der Waals surface area contributed by atoms with Crippen molar-refractivity contribution in [2.24, 2.45) is 22.7 Å². The van der Waals surface area contributed by atoms with E-state index in [0.717, 1.165) is 12.8 Å². The van der Waals surface area contributed by atoms with Crippen LogP contribution in [-0.2, 0) is 4.79 Å². The average Bonchev–Trinajstić information content (AvgIpc) is 2.48. The van der Waals surface area contributed by atoms with Crippen molar-refractivity contribution < 1.29 is 9.90 Å². The number of Topliss-reactive ketones (excluding diaryl/α,β-unsaturated/α-hetero) is 1. The minimum Gasteiger partial charge on any atom is -0.388 e. The highest BCUT2D eigenvalue weighted by molar-refractivity contribution is 5.92. The van der Waals surface area contributed by atoms with E-state index in [-0.39, 0.29) is 22.5 Å². The first-order chi connectivity index (χ1) is 6.86. The second-order valence-corrected chi connectivity index (χ2v) is 5.82. The van der Waals surface area contributed by atoms with Crippen molar-refractivity contribution in [3.8, 4) is 0 Å². The summed E-state index contributed by atoms with van der Waals surface area (Å²) in [7, 11) is 0. The number of aliphatic hydroxyl groups excluding tert-OH is 1. The summed E-state index contributed by atoms with van der Waals surface area (Å²) in [6.45, 7) is 9.98. The van der Waals surface area contributed by atoms with Gasteiger partial charge < -0.3 is 5.11 Å². The first kappa shape index (κ1) is 10.9. The molecule has 0 saturated heterocycles. The third-order valence-corrected chi connectivity index (χ3v) is 5.19. The van der Waals surface area contributed by atoms with Gasteiger partial charge in [0, 0.05) is 5.41 Å². The fraction of sp³-hybridized carbons (Fsp3) is 0.769. The molecule has 15 heavy (non-hydrogen) atoms. The molecule has 2 aliphatic carbocycles. The second kappa shape index (κ2) is 2.94. The molecule has 2 aliphatic rings. The largest absolute Gasteiger partial charge is 0.388 e. The lowest BCUT2D eigenvalue weighted by molar-refractivity contribution is -0.133. The van der Waals surface area contributed by atoms with Crippen LogP contribution in [0.2, 0.25) is 0 Å². The predicted octanol–water partition coefficient (Wildman–Crippen LogP) is 2.17. The van der Waals surface area contributed by atoms with E-state index in [0.29, 0.717) is 5.92 Å². The number of hydrogen-bond acceptors (Lipinski definition) is 2. The van der Waals surface area contributed by atoms with Crippen molar-refractivity contribution in [3.63, 3.8) is 0 Å². The van der Waals surface area contributed by atoms with Crippen molar-refractivity contribution in [1.82, 2.24) is 0 Å². The molecule has 2 nitrogen and oxygen atoms in total. The lowest BCUT2D eigenvalue weighted by Crippen LogP contribution is -2.36. The average molecular weight is 208 g/mol. The molecule has 0 aromatic carbocycles. The number of ketones is 1. The standard InChI is InChI=1S/C13H20O2/c1-5-9(14)10-8-6-7-13(4,11(10)15)12(8,2)3/h5,8-10,14H,1,6-7H2,2-4H3. The number of carbonyl (C=O) groups is 1. The molecule has 84 valence electrons. The van der Waals surface area contributed by atoms with E-state index < -0.39 is 6.10 Å². The first-order valence-electron chi connectivity index (χ1n) is 5.71. The van der Waals surface area contributed by atoms with E-state index in [4.69, 9.17) is 0 Å². The number of fused-ring (bicyclic) bond motifs is 2. The first-order valence-corrected chi connectivity index (χ1v) is 5.71. The minimum absolute atomic E-state index is 0.0265. The molecular formula is C13H20O2. The van der Waals surface area contributed by atoms with Crippen LogP contribution in [0.25, 0.3) is 0 Å². The van der Waals surface area contributed by atoms with Crippen LogP contribution < -0.4 is 0 Å². The van der Waals surface area contributed by atoms with Gasteiger partial charge in [0.15, 0.2) is 0 Å². The van der Waals surface area contributed by atoms with E-state index in [1.165, 1.54) is 6.08 Å². The second-order valence-electron chi connectivity index (χ2n) is 5.82. The van der Waals surface area contributed by atoms with Gasteiger partial charge in [-0.2, -0.15) is 0 Å². The van der Waals surface area contributed by atoms with Crippen LogP contribution in [-0.4, -0.2) is 17.0 Å². The summed E-state index contributed by atoms with van der Waals surface area (Å²) in [5.74, 6) is 0.357. The number of rotatable bonds is 2. The number of carbonyl (C=O) groups excluding carboxylic acids is 1. The molecule has 2 bridgehead atoms. The van der Waals surface area contributed by atoms with Gasteiger partial charge in [-0.05, 0) is 24.2 Å². The summed E-state index contributed by atoms with van der Waals surface area (Å²) >= 11 is 0. The van der Waals surface area contributed by atoms with Gasteiger partial charge >= 0.3 is 0 Å².